The van der Waals surface area contributed by atoms with Crippen LogP contribution in [0.2, 0.25) is 0 Å². The van der Waals surface area contributed by atoms with Gasteiger partial charge in [-0.15, -0.1) is 0 Å². The molecule has 0 saturated carbocycles. The van der Waals surface area contributed by atoms with E-state index in [0.717, 1.165) is 5.52 Å². The molecule has 26 heavy (non-hydrogen) atoms. The van der Waals surface area contributed by atoms with Gasteiger partial charge in [-0.3, -0.25) is 9.78 Å². The van der Waals surface area contributed by atoms with Gasteiger partial charge in [-0.05, 0) is 12.1 Å². The zero-order valence-electron chi connectivity index (χ0n) is 14.2. The van der Waals surface area contributed by atoms with Crippen LogP contribution >= 0.6 is 0 Å². The highest BCUT2D eigenvalue weighted by molar-refractivity contribution is 5.94. The molecule has 3 heterocycles. The van der Waals surface area contributed by atoms with Crippen molar-refractivity contribution in [3.05, 3.63) is 48.5 Å². The fourth-order valence-corrected chi connectivity index (χ4v) is 2.92. The molecule has 2 aromatic heterocycles. The Morgan fingerprint density at radius 3 is 2.69 bits per heavy atom. The monoisotopic (exact) mass is 351 g/mol. The number of carbonyl (C=O) groups excluding carboxylic acids is 1. The maximum atomic E-state index is 12.7. The summed E-state index contributed by atoms with van der Waals surface area (Å²) in [7, 11) is 1.51. The zero-order valence-corrected chi connectivity index (χ0v) is 14.2. The molecule has 8 heteroatoms. The average Bonchev–Trinajstić information content (AvgIpc) is 3.16. The maximum absolute atomic E-state index is 12.7. The highest BCUT2D eigenvalue weighted by atomic mass is 16.5. The van der Waals surface area contributed by atoms with Gasteiger partial charge in [0, 0.05) is 25.4 Å². The molecule has 1 saturated heterocycles. The number of hydrogen-bond donors (Lipinski definition) is 0. The summed E-state index contributed by atoms with van der Waals surface area (Å²) in [6, 6.07) is 7.47. The van der Waals surface area contributed by atoms with Crippen LogP contribution in [0.3, 0.4) is 0 Å². The Hall–Kier alpha value is -3.29. The second-order valence-electron chi connectivity index (χ2n) is 5.89. The number of amides is 1. The van der Waals surface area contributed by atoms with Gasteiger partial charge in [0.25, 0.3) is 17.7 Å². The fraction of sp³-hybridized carbons (Fsp3) is 0.278. The van der Waals surface area contributed by atoms with Gasteiger partial charge < -0.3 is 14.4 Å². The fourth-order valence-electron chi connectivity index (χ4n) is 2.92. The quantitative estimate of drug-likeness (QED) is 0.707. The van der Waals surface area contributed by atoms with Crippen LogP contribution in [0.1, 0.15) is 16.9 Å². The van der Waals surface area contributed by atoms with Crippen molar-refractivity contribution in [1.29, 1.82) is 0 Å². The second kappa shape index (κ2) is 6.91. The van der Waals surface area contributed by atoms with Crippen LogP contribution in [-0.2, 0) is 0 Å². The van der Waals surface area contributed by atoms with E-state index < -0.39 is 0 Å². The van der Waals surface area contributed by atoms with E-state index in [1.807, 2.05) is 24.3 Å². The van der Waals surface area contributed by atoms with Gasteiger partial charge in [0.05, 0.1) is 30.9 Å². The van der Waals surface area contributed by atoms with Crippen LogP contribution in [-0.4, -0.2) is 57.0 Å². The summed E-state index contributed by atoms with van der Waals surface area (Å²) in [5.74, 6) is 0.512. The molecule has 0 N–H and O–H groups in total. The van der Waals surface area contributed by atoms with E-state index in [9.17, 15) is 4.79 Å². The lowest BCUT2D eigenvalue weighted by molar-refractivity contribution is 0.0764. The summed E-state index contributed by atoms with van der Waals surface area (Å²) in [4.78, 5) is 31.4. The highest BCUT2D eigenvalue weighted by Crippen LogP contribution is 2.24. The Kier molecular flexibility index (Phi) is 4.30. The summed E-state index contributed by atoms with van der Waals surface area (Å²) in [6.07, 6.45) is 5.13. The van der Waals surface area contributed by atoms with Crippen LogP contribution in [0.5, 0.6) is 11.8 Å². The lowest BCUT2D eigenvalue weighted by atomic mass is 10.3. The maximum Gasteiger partial charge on any atom is 0.278 e. The number of ether oxygens (including phenoxy) is 2. The molecule has 1 aliphatic rings. The minimum Gasteiger partial charge on any atom is -0.477 e. The molecule has 0 radical (unpaired) electrons. The largest absolute Gasteiger partial charge is 0.477 e. The summed E-state index contributed by atoms with van der Waals surface area (Å²) in [6.45, 7) is 1.04. The second-order valence-corrected chi connectivity index (χ2v) is 5.89. The van der Waals surface area contributed by atoms with Gasteiger partial charge >= 0.3 is 0 Å². The first-order valence-electron chi connectivity index (χ1n) is 8.27. The zero-order chi connectivity index (χ0) is 17.9. The molecule has 0 aliphatic carbocycles. The predicted molar refractivity (Wildman–Crippen MR) is 93.1 cm³/mol. The van der Waals surface area contributed by atoms with E-state index in [4.69, 9.17) is 9.47 Å². The molecule has 3 aromatic rings. The van der Waals surface area contributed by atoms with Crippen molar-refractivity contribution in [3.8, 4) is 11.8 Å². The Bertz CT molecular complexity index is 949. The van der Waals surface area contributed by atoms with Crippen molar-refractivity contribution in [2.45, 2.75) is 12.5 Å². The number of rotatable bonds is 4. The van der Waals surface area contributed by atoms with Crippen LogP contribution < -0.4 is 9.47 Å². The molecule has 1 amide bonds. The molecule has 0 spiro atoms. The summed E-state index contributed by atoms with van der Waals surface area (Å²) in [5.41, 5.74) is 1.80. The predicted octanol–water partition coefficient (Wildman–Crippen LogP) is 1.72. The summed E-state index contributed by atoms with van der Waals surface area (Å²) >= 11 is 0. The molecule has 1 atom stereocenters. The normalized spacial score (nSPS) is 16.7. The molecule has 8 nitrogen and oxygen atoms in total. The molecule has 1 aromatic carbocycles. The van der Waals surface area contributed by atoms with Gasteiger partial charge in [-0.25, -0.2) is 15.0 Å². The third-order valence-corrected chi connectivity index (χ3v) is 4.20. The van der Waals surface area contributed by atoms with Gasteiger partial charge in [-0.2, -0.15) is 0 Å². The van der Waals surface area contributed by atoms with Crippen molar-refractivity contribution < 1.29 is 14.3 Å². The third kappa shape index (κ3) is 3.13. The van der Waals surface area contributed by atoms with E-state index in [1.54, 1.807) is 11.1 Å². The standard InChI is InChI=1S/C18H17N5O3/c1-25-16-17(20-8-7-19-16)26-12-6-9-23(11-12)18(24)15-10-21-13-4-2-3-5-14(13)22-15/h2-5,7-8,10,12H,6,9,11H2,1H3/t12-/m0/s1. The molecule has 0 unspecified atom stereocenters. The minimum absolute atomic E-state index is 0.152. The van der Waals surface area contributed by atoms with E-state index in [0.29, 0.717) is 42.5 Å². The van der Waals surface area contributed by atoms with Crippen LogP contribution in [0.4, 0.5) is 0 Å². The number of fused-ring (bicyclic) bond motifs is 1. The first kappa shape index (κ1) is 16.2. The van der Waals surface area contributed by atoms with Crippen molar-refractivity contribution in [3.63, 3.8) is 0 Å². The van der Waals surface area contributed by atoms with Crippen molar-refractivity contribution in [2.75, 3.05) is 20.2 Å². The van der Waals surface area contributed by atoms with Crippen LogP contribution in [0, 0.1) is 0 Å². The molecule has 0 bridgehead atoms. The Labute approximate surface area is 149 Å². The van der Waals surface area contributed by atoms with Gasteiger partial charge in [0.1, 0.15) is 11.8 Å². The van der Waals surface area contributed by atoms with Crippen molar-refractivity contribution >= 4 is 16.9 Å². The number of methoxy groups -OCH3 is 1. The van der Waals surface area contributed by atoms with E-state index in [1.165, 1.54) is 19.5 Å². The number of hydrogen-bond acceptors (Lipinski definition) is 7. The first-order chi connectivity index (χ1) is 12.7. The summed E-state index contributed by atoms with van der Waals surface area (Å²) in [5, 5.41) is 0. The number of para-hydroxylation sites is 2. The molecular formula is C18H17N5O3. The van der Waals surface area contributed by atoms with Crippen LogP contribution in [0.25, 0.3) is 11.0 Å². The molecule has 132 valence electrons. The van der Waals surface area contributed by atoms with Crippen LogP contribution in [0.15, 0.2) is 42.9 Å². The SMILES string of the molecule is COc1nccnc1O[C@H]1CCN(C(=O)c2cnc3ccccc3n2)C1. The molecule has 1 fully saturated rings. The Morgan fingerprint density at radius 1 is 1.12 bits per heavy atom. The number of aromatic nitrogens is 4. The van der Waals surface area contributed by atoms with Crippen molar-refractivity contribution in [2.24, 2.45) is 0 Å². The molecule has 4 rings (SSSR count). The van der Waals surface area contributed by atoms with Crippen molar-refractivity contribution in [1.82, 2.24) is 24.8 Å². The summed E-state index contributed by atoms with van der Waals surface area (Å²) < 4.78 is 11.0. The number of nitrogens with zero attached hydrogens (tertiary/aromatic N) is 5. The first-order valence-corrected chi connectivity index (χ1v) is 8.27. The van der Waals surface area contributed by atoms with E-state index in [2.05, 4.69) is 19.9 Å². The lowest BCUT2D eigenvalue weighted by Crippen LogP contribution is -2.31. The van der Waals surface area contributed by atoms with E-state index >= 15 is 0 Å². The van der Waals surface area contributed by atoms with Gasteiger partial charge in [0.15, 0.2) is 0 Å². The average molecular weight is 351 g/mol. The Morgan fingerprint density at radius 2 is 1.88 bits per heavy atom. The highest BCUT2D eigenvalue weighted by Gasteiger charge is 2.30. The minimum atomic E-state index is -0.169. The smallest absolute Gasteiger partial charge is 0.278 e. The Balaban J connectivity index is 1.46. The number of benzene rings is 1. The molecule has 1 aliphatic heterocycles. The van der Waals surface area contributed by atoms with E-state index in [-0.39, 0.29) is 12.0 Å². The number of likely N-dealkylation sites (tertiary alicyclic amines) is 1. The third-order valence-electron chi connectivity index (χ3n) is 4.20. The topological polar surface area (TPSA) is 90.3 Å². The van der Waals surface area contributed by atoms with Gasteiger partial charge in [-0.1, -0.05) is 12.1 Å². The molecular weight excluding hydrogens is 334 g/mol. The van der Waals surface area contributed by atoms with Gasteiger partial charge in [0.2, 0.25) is 0 Å². The lowest BCUT2D eigenvalue weighted by Gasteiger charge is -2.17. The number of carbonyl (C=O) groups is 1.